The number of nitrogens with zero attached hydrogens (tertiary/aromatic N) is 2. The number of nitrogens with two attached hydrogens (primary N) is 1. The normalized spacial score (nSPS) is 21.4. The van der Waals surface area contributed by atoms with Crippen molar-refractivity contribution in [1.29, 1.82) is 0 Å². The molecule has 0 saturated carbocycles. The van der Waals surface area contributed by atoms with Crippen LogP contribution in [-0.4, -0.2) is 22.5 Å². The van der Waals surface area contributed by atoms with E-state index >= 15 is 0 Å². The highest BCUT2D eigenvalue weighted by atomic mass is 16.5. The van der Waals surface area contributed by atoms with Gasteiger partial charge in [-0.15, -0.1) is 0 Å². The molecule has 0 amide bonds. The zero-order valence-electron chi connectivity index (χ0n) is 11.8. The van der Waals surface area contributed by atoms with Gasteiger partial charge in [-0.2, -0.15) is 5.10 Å². The molecule has 2 unspecified atom stereocenters. The minimum Gasteiger partial charge on any atom is -0.378 e. The summed E-state index contributed by atoms with van der Waals surface area (Å²) in [6, 6.07) is 0.0666. The molecule has 1 fully saturated rings. The van der Waals surface area contributed by atoms with Gasteiger partial charge in [0.05, 0.1) is 11.8 Å². The number of ether oxygens (including phenoxy) is 1. The lowest BCUT2D eigenvalue weighted by Crippen LogP contribution is -2.10. The Labute approximate surface area is 110 Å². The molecule has 0 radical (unpaired) electrons. The van der Waals surface area contributed by atoms with Crippen LogP contribution in [0.2, 0.25) is 0 Å². The highest BCUT2D eigenvalue weighted by Crippen LogP contribution is 2.21. The lowest BCUT2D eigenvalue weighted by molar-refractivity contribution is 0.101. The van der Waals surface area contributed by atoms with E-state index in [9.17, 15) is 0 Å². The molecular weight excluding hydrogens is 226 g/mol. The maximum Gasteiger partial charge on any atom is 0.0644 e. The van der Waals surface area contributed by atoms with Crippen molar-refractivity contribution in [2.24, 2.45) is 5.73 Å². The molecule has 1 saturated heterocycles. The van der Waals surface area contributed by atoms with Gasteiger partial charge >= 0.3 is 0 Å². The predicted molar refractivity (Wildman–Crippen MR) is 72.5 cm³/mol. The molecule has 2 heterocycles. The Hall–Kier alpha value is -0.870. The van der Waals surface area contributed by atoms with Crippen molar-refractivity contribution in [3.63, 3.8) is 0 Å². The first-order chi connectivity index (χ1) is 8.59. The second-order valence-electron chi connectivity index (χ2n) is 5.37. The van der Waals surface area contributed by atoms with E-state index in [2.05, 4.69) is 16.7 Å². The monoisotopic (exact) mass is 251 g/mol. The zero-order valence-corrected chi connectivity index (χ0v) is 11.8. The second-order valence-corrected chi connectivity index (χ2v) is 5.37. The van der Waals surface area contributed by atoms with Crippen molar-refractivity contribution in [1.82, 2.24) is 9.78 Å². The van der Waals surface area contributed by atoms with Crippen LogP contribution in [-0.2, 0) is 11.3 Å². The van der Waals surface area contributed by atoms with Crippen LogP contribution >= 0.6 is 0 Å². The largest absolute Gasteiger partial charge is 0.378 e. The quantitative estimate of drug-likeness (QED) is 0.874. The van der Waals surface area contributed by atoms with Crippen LogP contribution in [0.4, 0.5) is 0 Å². The summed E-state index contributed by atoms with van der Waals surface area (Å²) in [5, 5.41) is 4.59. The van der Waals surface area contributed by atoms with Crippen molar-refractivity contribution in [3.8, 4) is 0 Å². The Morgan fingerprint density at radius 3 is 2.83 bits per heavy atom. The van der Waals surface area contributed by atoms with Gasteiger partial charge in [0.15, 0.2) is 0 Å². The van der Waals surface area contributed by atoms with Crippen molar-refractivity contribution >= 4 is 0 Å². The van der Waals surface area contributed by atoms with Crippen molar-refractivity contribution in [2.45, 2.75) is 65.1 Å². The Balaban J connectivity index is 1.91. The van der Waals surface area contributed by atoms with E-state index in [1.807, 2.05) is 13.8 Å². The third-order valence-electron chi connectivity index (χ3n) is 3.81. The maximum atomic E-state index is 5.98. The molecule has 2 N–H and O–H groups in total. The first-order valence-electron chi connectivity index (χ1n) is 7.00. The highest BCUT2D eigenvalue weighted by Gasteiger charge is 2.17. The van der Waals surface area contributed by atoms with Gasteiger partial charge in [-0.05, 0) is 46.5 Å². The molecule has 0 bridgehead atoms. The van der Waals surface area contributed by atoms with Crippen molar-refractivity contribution < 1.29 is 4.74 Å². The van der Waals surface area contributed by atoms with Gasteiger partial charge in [0.2, 0.25) is 0 Å². The molecule has 2 rings (SSSR count). The summed E-state index contributed by atoms with van der Waals surface area (Å²) >= 11 is 0. The average Bonchev–Trinajstić information content (AvgIpc) is 2.88. The first kappa shape index (κ1) is 13.6. The SMILES string of the molecule is Cc1nn(CCCC2CCCO2)c(C)c1C(C)N. The topological polar surface area (TPSA) is 53.1 Å². The maximum absolute atomic E-state index is 5.98. The minimum atomic E-state index is 0.0666. The van der Waals surface area contributed by atoms with E-state index in [1.165, 1.54) is 24.1 Å². The van der Waals surface area contributed by atoms with E-state index in [4.69, 9.17) is 10.5 Å². The fourth-order valence-electron chi connectivity index (χ4n) is 2.93. The predicted octanol–water partition coefficient (Wildman–Crippen LogP) is 2.48. The Kier molecular flexibility index (Phi) is 4.40. The van der Waals surface area contributed by atoms with Crippen LogP contribution in [0.25, 0.3) is 0 Å². The lowest BCUT2D eigenvalue weighted by Gasteiger charge is -2.10. The highest BCUT2D eigenvalue weighted by molar-refractivity contribution is 5.27. The van der Waals surface area contributed by atoms with E-state index in [0.717, 1.165) is 31.7 Å². The molecule has 102 valence electrons. The molecule has 1 aromatic heterocycles. The van der Waals surface area contributed by atoms with E-state index in [1.54, 1.807) is 0 Å². The van der Waals surface area contributed by atoms with Gasteiger partial charge in [-0.1, -0.05) is 0 Å². The van der Waals surface area contributed by atoms with Gasteiger partial charge in [-0.3, -0.25) is 4.68 Å². The summed E-state index contributed by atoms with van der Waals surface area (Å²) in [6.07, 6.45) is 5.20. The summed E-state index contributed by atoms with van der Waals surface area (Å²) in [5.41, 5.74) is 9.47. The first-order valence-corrected chi connectivity index (χ1v) is 7.00. The number of aryl methyl sites for hydroxylation is 2. The Bertz CT molecular complexity index is 392. The number of hydrogen-bond donors (Lipinski definition) is 1. The van der Waals surface area contributed by atoms with Crippen LogP contribution in [0.3, 0.4) is 0 Å². The van der Waals surface area contributed by atoms with Gasteiger partial charge in [0, 0.05) is 30.5 Å². The van der Waals surface area contributed by atoms with Gasteiger partial charge in [0.25, 0.3) is 0 Å². The third kappa shape index (κ3) is 2.93. The Morgan fingerprint density at radius 1 is 1.50 bits per heavy atom. The molecule has 18 heavy (non-hydrogen) atoms. The molecule has 4 heteroatoms. The fourth-order valence-corrected chi connectivity index (χ4v) is 2.93. The zero-order chi connectivity index (χ0) is 13.1. The molecule has 1 aliphatic rings. The Morgan fingerprint density at radius 2 is 2.28 bits per heavy atom. The van der Waals surface area contributed by atoms with Crippen molar-refractivity contribution in [3.05, 3.63) is 17.0 Å². The number of aromatic nitrogens is 2. The summed E-state index contributed by atoms with van der Waals surface area (Å²) in [4.78, 5) is 0. The third-order valence-corrected chi connectivity index (χ3v) is 3.81. The smallest absolute Gasteiger partial charge is 0.0644 e. The molecule has 0 aliphatic carbocycles. The average molecular weight is 251 g/mol. The standard InChI is InChI=1S/C14H25N3O/c1-10(15)14-11(2)16-17(12(14)3)8-4-6-13-7-5-9-18-13/h10,13H,4-9,15H2,1-3H3. The van der Waals surface area contributed by atoms with E-state index in [0.29, 0.717) is 6.10 Å². The van der Waals surface area contributed by atoms with Crippen LogP contribution in [0, 0.1) is 13.8 Å². The minimum absolute atomic E-state index is 0.0666. The molecule has 2 atom stereocenters. The molecule has 4 nitrogen and oxygen atoms in total. The molecule has 0 aromatic carbocycles. The summed E-state index contributed by atoms with van der Waals surface area (Å²) in [6.45, 7) is 8.10. The van der Waals surface area contributed by atoms with Gasteiger partial charge in [-0.25, -0.2) is 0 Å². The summed E-state index contributed by atoms with van der Waals surface area (Å²) in [7, 11) is 0. The van der Waals surface area contributed by atoms with Crippen molar-refractivity contribution in [2.75, 3.05) is 6.61 Å². The number of rotatable bonds is 5. The second kappa shape index (κ2) is 5.85. The van der Waals surface area contributed by atoms with Crippen LogP contribution < -0.4 is 5.73 Å². The van der Waals surface area contributed by atoms with Gasteiger partial charge < -0.3 is 10.5 Å². The summed E-state index contributed by atoms with van der Waals surface area (Å²) < 4.78 is 7.74. The molecule has 1 aromatic rings. The van der Waals surface area contributed by atoms with Crippen LogP contribution in [0.5, 0.6) is 0 Å². The van der Waals surface area contributed by atoms with E-state index in [-0.39, 0.29) is 6.04 Å². The lowest BCUT2D eigenvalue weighted by atomic mass is 10.1. The van der Waals surface area contributed by atoms with Crippen LogP contribution in [0.1, 0.15) is 55.6 Å². The fraction of sp³-hybridized carbons (Fsp3) is 0.786. The molecular formula is C14H25N3O. The molecule has 0 spiro atoms. The number of hydrogen-bond acceptors (Lipinski definition) is 3. The van der Waals surface area contributed by atoms with E-state index < -0.39 is 0 Å². The summed E-state index contributed by atoms with van der Waals surface area (Å²) in [5.74, 6) is 0. The van der Waals surface area contributed by atoms with Gasteiger partial charge in [0.1, 0.15) is 0 Å². The van der Waals surface area contributed by atoms with Crippen LogP contribution in [0.15, 0.2) is 0 Å². The molecule has 1 aliphatic heterocycles.